The van der Waals surface area contributed by atoms with Crippen LogP contribution in [0.2, 0.25) is 0 Å². The summed E-state index contributed by atoms with van der Waals surface area (Å²) in [6, 6.07) is 6.57. The van der Waals surface area contributed by atoms with Gasteiger partial charge in [-0.1, -0.05) is 6.07 Å². The number of pyridine rings is 1. The number of halogens is 1. The quantitative estimate of drug-likeness (QED) is 0.849. The Balaban J connectivity index is 2.21. The smallest absolute Gasteiger partial charge is 0.274 e. The molecule has 0 saturated carbocycles. The van der Waals surface area contributed by atoms with Crippen molar-refractivity contribution in [1.29, 1.82) is 0 Å². The summed E-state index contributed by atoms with van der Waals surface area (Å²) in [5.74, 6) is -0.963. The van der Waals surface area contributed by atoms with Gasteiger partial charge in [0.15, 0.2) is 0 Å². The first-order valence-electron chi connectivity index (χ1n) is 4.89. The molecule has 2 heterocycles. The van der Waals surface area contributed by atoms with Crippen molar-refractivity contribution in [3.63, 3.8) is 0 Å². The van der Waals surface area contributed by atoms with Crippen molar-refractivity contribution in [1.82, 2.24) is 4.98 Å². The number of hydrogen-bond acceptors (Lipinski definition) is 4. The molecule has 0 fully saturated rings. The maximum absolute atomic E-state index is 11.9. The van der Waals surface area contributed by atoms with Crippen LogP contribution in [0.15, 0.2) is 34.2 Å². The molecule has 0 unspecified atom stereocenters. The van der Waals surface area contributed by atoms with Gasteiger partial charge in [-0.15, -0.1) is 11.3 Å². The van der Waals surface area contributed by atoms with Gasteiger partial charge in [0.1, 0.15) is 15.3 Å². The van der Waals surface area contributed by atoms with Gasteiger partial charge in [0.2, 0.25) is 0 Å². The molecule has 0 spiro atoms. The van der Waals surface area contributed by atoms with Gasteiger partial charge in [-0.2, -0.15) is 0 Å². The van der Waals surface area contributed by atoms with Crippen molar-refractivity contribution in [2.75, 3.05) is 5.32 Å². The third-order valence-electron chi connectivity index (χ3n) is 2.11. The number of carbonyl (C=O) groups excluding carboxylic acids is 2. The molecule has 7 heteroatoms. The van der Waals surface area contributed by atoms with Gasteiger partial charge >= 0.3 is 0 Å². The minimum atomic E-state index is -0.575. The molecule has 3 N–H and O–H groups in total. The number of rotatable bonds is 3. The van der Waals surface area contributed by atoms with E-state index in [4.69, 9.17) is 5.73 Å². The number of primary amides is 1. The summed E-state index contributed by atoms with van der Waals surface area (Å²) in [6.45, 7) is 0. The first-order chi connectivity index (χ1) is 8.58. The molecular weight excluding hydrogens is 318 g/mol. The van der Waals surface area contributed by atoms with E-state index in [0.717, 1.165) is 0 Å². The van der Waals surface area contributed by atoms with Crippen molar-refractivity contribution in [3.05, 3.63) is 45.5 Å². The lowest BCUT2D eigenvalue weighted by atomic mass is 10.3. The van der Waals surface area contributed by atoms with E-state index >= 15 is 0 Å². The number of carbonyl (C=O) groups is 2. The number of nitrogens with one attached hydrogen (secondary N) is 1. The van der Waals surface area contributed by atoms with E-state index in [0.29, 0.717) is 15.2 Å². The maximum Gasteiger partial charge on any atom is 0.274 e. The zero-order valence-corrected chi connectivity index (χ0v) is 11.4. The number of thiophene rings is 1. The molecular formula is C11H8BrN3O2S. The molecule has 0 bridgehead atoms. The van der Waals surface area contributed by atoms with E-state index in [9.17, 15) is 9.59 Å². The van der Waals surface area contributed by atoms with Crippen LogP contribution in [0.4, 0.5) is 5.00 Å². The lowest BCUT2D eigenvalue weighted by Gasteiger charge is -2.04. The molecule has 0 saturated heterocycles. The zero-order valence-electron chi connectivity index (χ0n) is 9.01. The minimum Gasteiger partial charge on any atom is -0.366 e. The highest BCUT2D eigenvalue weighted by Gasteiger charge is 2.14. The van der Waals surface area contributed by atoms with Crippen LogP contribution in [-0.4, -0.2) is 16.8 Å². The van der Waals surface area contributed by atoms with Crippen molar-refractivity contribution < 1.29 is 9.59 Å². The second kappa shape index (κ2) is 5.28. The molecule has 0 aromatic carbocycles. The Kier molecular flexibility index (Phi) is 3.73. The molecule has 92 valence electrons. The topological polar surface area (TPSA) is 85.1 Å². The Bertz CT molecular complexity index is 612. The van der Waals surface area contributed by atoms with Gasteiger partial charge in [0.05, 0.1) is 5.56 Å². The maximum atomic E-state index is 11.9. The fourth-order valence-electron chi connectivity index (χ4n) is 1.30. The molecule has 0 radical (unpaired) electrons. The second-order valence-electron chi connectivity index (χ2n) is 3.33. The van der Waals surface area contributed by atoms with E-state index < -0.39 is 5.91 Å². The van der Waals surface area contributed by atoms with Crippen molar-refractivity contribution in [2.45, 2.75) is 0 Å². The van der Waals surface area contributed by atoms with Gasteiger partial charge in [-0.25, -0.2) is 4.98 Å². The van der Waals surface area contributed by atoms with E-state index in [-0.39, 0.29) is 11.6 Å². The summed E-state index contributed by atoms with van der Waals surface area (Å²) in [5.41, 5.74) is 5.74. The lowest BCUT2D eigenvalue weighted by molar-refractivity contribution is 0.100. The molecule has 0 aliphatic heterocycles. The van der Waals surface area contributed by atoms with Gasteiger partial charge < -0.3 is 11.1 Å². The highest BCUT2D eigenvalue weighted by atomic mass is 79.9. The van der Waals surface area contributed by atoms with Gasteiger partial charge in [-0.05, 0) is 39.5 Å². The van der Waals surface area contributed by atoms with Crippen LogP contribution >= 0.6 is 27.3 Å². The highest BCUT2D eigenvalue weighted by molar-refractivity contribution is 9.10. The van der Waals surface area contributed by atoms with Gasteiger partial charge in [0.25, 0.3) is 11.8 Å². The number of hydrogen-bond donors (Lipinski definition) is 2. The summed E-state index contributed by atoms with van der Waals surface area (Å²) in [7, 11) is 0. The summed E-state index contributed by atoms with van der Waals surface area (Å²) in [4.78, 5) is 27.0. The fraction of sp³-hybridized carbons (Fsp3) is 0. The average molecular weight is 326 g/mol. The zero-order chi connectivity index (χ0) is 13.1. The summed E-state index contributed by atoms with van der Waals surface area (Å²) in [6.07, 6.45) is 0. The number of nitrogens with two attached hydrogens (primary N) is 1. The molecule has 0 aliphatic rings. The molecule has 2 aromatic rings. The largest absolute Gasteiger partial charge is 0.366 e. The third-order valence-corrected chi connectivity index (χ3v) is 3.38. The monoisotopic (exact) mass is 325 g/mol. The van der Waals surface area contributed by atoms with Gasteiger partial charge in [0, 0.05) is 0 Å². The predicted molar refractivity (Wildman–Crippen MR) is 72.7 cm³/mol. The number of amides is 2. The second-order valence-corrected chi connectivity index (χ2v) is 5.06. The van der Waals surface area contributed by atoms with Crippen molar-refractivity contribution >= 4 is 44.1 Å². The average Bonchev–Trinajstić information content (AvgIpc) is 2.77. The SMILES string of the molecule is NC(=O)c1ccsc1NC(=O)c1cccc(Br)n1. The predicted octanol–water partition coefficient (Wildman–Crippen LogP) is 2.26. The van der Waals surface area contributed by atoms with Crippen molar-refractivity contribution in [2.24, 2.45) is 5.73 Å². The summed E-state index contributed by atoms with van der Waals surface area (Å²) < 4.78 is 0.566. The van der Waals surface area contributed by atoms with Crippen molar-refractivity contribution in [3.8, 4) is 0 Å². The molecule has 18 heavy (non-hydrogen) atoms. The first kappa shape index (κ1) is 12.7. The lowest BCUT2D eigenvalue weighted by Crippen LogP contribution is -2.17. The van der Waals surface area contributed by atoms with Crippen LogP contribution in [0.5, 0.6) is 0 Å². The Morgan fingerprint density at radius 1 is 1.33 bits per heavy atom. The van der Waals surface area contributed by atoms with Crippen LogP contribution in [0.3, 0.4) is 0 Å². The summed E-state index contributed by atoms with van der Waals surface area (Å²) in [5, 5.41) is 4.72. The first-order valence-corrected chi connectivity index (χ1v) is 6.56. The third kappa shape index (κ3) is 2.74. The standard InChI is InChI=1S/C11H8BrN3O2S/c12-8-3-1-2-7(14-8)10(17)15-11-6(9(13)16)4-5-18-11/h1-5H,(H2,13,16)(H,15,17). The van der Waals surface area contributed by atoms with Gasteiger partial charge in [-0.3, -0.25) is 9.59 Å². The van der Waals surface area contributed by atoms with Crippen LogP contribution in [0.1, 0.15) is 20.8 Å². The van der Waals surface area contributed by atoms with Crippen LogP contribution < -0.4 is 11.1 Å². The minimum absolute atomic E-state index is 0.258. The van der Waals surface area contributed by atoms with Crippen LogP contribution in [0.25, 0.3) is 0 Å². The Labute approximate surface area is 115 Å². The molecule has 2 rings (SSSR count). The number of aromatic nitrogens is 1. The highest BCUT2D eigenvalue weighted by Crippen LogP contribution is 2.23. The summed E-state index contributed by atoms with van der Waals surface area (Å²) >= 11 is 4.42. The molecule has 0 aliphatic carbocycles. The van der Waals surface area contributed by atoms with Crippen LogP contribution in [-0.2, 0) is 0 Å². The fourth-order valence-corrected chi connectivity index (χ4v) is 2.43. The van der Waals surface area contributed by atoms with E-state index in [1.54, 1.807) is 29.6 Å². The number of anilines is 1. The molecule has 2 amide bonds. The molecule has 0 atom stereocenters. The normalized spacial score (nSPS) is 10.1. The van der Waals surface area contributed by atoms with Crippen LogP contribution in [0, 0.1) is 0 Å². The number of nitrogens with zero attached hydrogens (tertiary/aromatic N) is 1. The Hall–Kier alpha value is -1.73. The Morgan fingerprint density at radius 3 is 2.78 bits per heavy atom. The van der Waals surface area contributed by atoms with E-state index in [2.05, 4.69) is 26.2 Å². The van der Waals surface area contributed by atoms with E-state index in [1.807, 2.05) is 0 Å². The molecule has 2 aromatic heterocycles. The Morgan fingerprint density at radius 2 is 2.11 bits per heavy atom. The van der Waals surface area contributed by atoms with E-state index in [1.165, 1.54) is 11.3 Å². The molecule has 5 nitrogen and oxygen atoms in total.